The normalized spacial score (nSPS) is 15.1. The predicted octanol–water partition coefficient (Wildman–Crippen LogP) is 1.57. The van der Waals surface area contributed by atoms with Crippen LogP contribution in [0, 0.1) is 0 Å². The molecular weight excluding hydrogens is 330 g/mol. The standard InChI is InChI=1S/C16H13N3O4S/c1-23-10-5-3-9(4-6-10)19-13-14(20)11-7-17-8-18-12(11)15(21)16(13)24(2)22/h3-8,19H,1-2H3. The van der Waals surface area contributed by atoms with Gasteiger partial charge in [0.05, 0.1) is 23.5 Å². The van der Waals surface area contributed by atoms with E-state index < -0.39 is 22.4 Å². The first-order chi connectivity index (χ1) is 11.5. The third-order valence-corrected chi connectivity index (χ3v) is 4.44. The lowest BCUT2D eigenvalue weighted by atomic mass is 9.98. The van der Waals surface area contributed by atoms with E-state index in [0.717, 1.165) is 0 Å². The Morgan fingerprint density at radius 1 is 1.12 bits per heavy atom. The van der Waals surface area contributed by atoms with Crippen LogP contribution in [-0.4, -0.2) is 39.1 Å². The lowest BCUT2D eigenvalue weighted by molar-refractivity contribution is 0.0978. The number of nitrogens with one attached hydrogen (secondary N) is 1. The largest absolute Gasteiger partial charge is 0.497 e. The fraction of sp³-hybridized carbons (Fsp3) is 0.125. The predicted molar refractivity (Wildman–Crippen MR) is 88.4 cm³/mol. The second-order valence-corrected chi connectivity index (χ2v) is 6.27. The molecule has 1 atom stereocenters. The highest BCUT2D eigenvalue weighted by atomic mass is 32.2. The van der Waals surface area contributed by atoms with Gasteiger partial charge in [-0.05, 0) is 24.3 Å². The Labute approximate surface area is 140 Å². The topological polar surface area (TPSA) is 98.2 Å². The third-order valence-electron chi connectivity index (χ3n) is 3.48. The molecule has 0 amide bonds. The first-order valence-corrected chi connectivity index (χ1v) is 8.47. The SMILES string of the molecule is COc1ccc(NC2=C(S(C)=O)C(=O)c3ncncc3C2=O)cc1. The number of ether oxygens (including phenoxy) is 1. The van der Waals surface area contributed by atoms with Crippen LogP contribution in [0.1, 0.15) is 20.8 Å². The highest BCUT2D eigenvalue weighted by Crippen LogP contribution is 2.27. The minimum atomic E-state index is -1.66. The van der Waals surface area contributed by atoms with E-state index in [1.165, 1.54) is 18.8 Å². The molecular formula is C16H13N3O4S. The van der Waals surface area contributed by atoms with E-state index in [2.05, 4.69) is 15.3 Å². The molecule has 1 aliphatic carbocycles. The summed E-state index contributed by atoms with van der Waals surface area (Å²) in [6.07, 6.45) is 3.82. The number of hydrogen-bond donors (Lipinski definition) is 1. The molecule has 7 nitrogen and oxygen atoms in total. The van der Waals surface area contributed by atoms with E-state index in [0.29, 0.717) is 11.4 Å². The Kier molecular flexibility index (Phi) is 4.22. The Balaban J connectivity index is 2.08. The van der Waals surface area contributed by atoms with Crippen molar-refractivity contribution in [3.8, 4) is 5.75 Å². The van der Waals surface area contributed by atoms with E-state index in [9.17, 15) is 13.8 Å². The number of benzene rings is 1. The number of ketones is 2. The molecule has 1 unspecified atom stereocenters. The van der Waals surface area contributed by atoms with E-state index in [1.54, 1.807) is 31.4 Å². The van der Waals surface area contributed by atoms with Crippen LogP contribution >= 0.6 is 0 Å². The first kappa shape index (κ1) is 16.0. The Bertz CT molecular complexity index is 890. The van der Waals surface area contributed by atoms with Gasteiger partial charge in [0.15, 0.2) is 0 Å². The number of carbonyl (C=O) groups is 2. The number of Topliss-reactive ketones (excluding diaryl/α,β-unsaturated/α-hetero) is 2. The van der Waals surface area contributed by atoms with Crippen molar-refractivity contribution >= 4 is 28.1 Å². The highest BCUT2D eigenvalue weighted by Gasteiger charge is 2.35. The second kappa shape index (κ2) is 6.32. The minimum Gasteiger partial charge on any atom is -0.497 e. The zero-order valence-electron chi connectivity index (χ0n) is 12.9. The van der Waals surface area contributed by atoms with Crippen molar-refractivity contribution in [1.29, 1.82) is 0 Å². The smallest absolute Gasteiger partial charge is 0.223 e. The van der Waals surface area contributed by atoms with Gasteiger partial charge in [0.2, 0.25) is 11.6 Å². The minimum absolute atomic E-state index is 0.0201. The van der Waals surface area contributed by atoms with Crippen LogP contribution in [0.5, 0.6) is 5.75 Å². The molecule has 0 bridgehead atoms. The molecule has 1 heterocycles. The number of anilines is 1. The lowest BCUT2D eigenvalue weighted by Gasteiger charge is -2.19. The average molecular weight is 343 g/mol. The quantitative estimate of drug-likeness (QED) is 0.899. The third kappa shape index (κ3) is 2.71. The van der Waals surface area contributed by atoms with Gasteiger partial charge in [0.1, 0.15) is 28.4 Å². The second-order valence-electron chi connectivity index (χ2n) is 4.96. The molecule has 0 saturated carbocycles. The van der Waals surface area contributed by atoms with Crippen molar-refractivity contribution in [2.45, 2.75) is 0 Å². The van der Waals surface area contributed by atoms with Crippen molar-refractivity contribution < 1.29 is 18.5 Å². The molecule has 3 rings (SSSR count). The van der Waals surface area contributed by atoms with Gasteiger partial charge < -0.3 is 10.1 Å². The van der Waals surface area contributed by atoms with Crippen molar-refractivity contribution in [2.75, 3.05) is 18.7 Å². The van der Waals surface area contributed by atoms with Gasteiger partial charge in [-0.1, -0.05) is 0 Å². The summed E-state index contributed by atoms with van der Waals surface area (Å²) in [7, 11) is -0.113. The lowest BCUT2D eigenvalue weighted by Crippen LogP contribution is -2.29. The molecule has 2 aromatic rings. The average Bonchev–Trinajstić information content (AvgIpc) is 2.60. The molecule has 0 saturated heterocycles. The molecule has 1 aromatic carbocycles. The summed E-state index contributed by atoms with van der Waals surface area (Å²) in [5.74, 6) is -0.353. The summed E-state index contributed by atoms with van der Waals surface area (Å²) in [4.78, 5) is 32.8. The number of nitrogens with zero attached hydrogens (tertiary/aromatic N) is 2. The van der Waals surface area contributed by atoms with Gasteiger partial charge >= 0.3 is 0 Å². The fourth-order valence-corrected chi connectivity index (χ4v) is 3.13. The molecule has 0 radical (unpaired) electrons. The summed E-state index contributed by atoms with van der Waals surface area (Å²) >= 11 is 0. The van der Waals surface area contributed by atoms with Crippen LogP contribution in [0.2, 0.25) is 0 Å². The molecule has 24 heavy (non-hydrogen) atoms. The van der Waals surface area contributed by atoms with E-state index >= 15 is 0 Å². The van der Waals surface area contributed by atoms with E-state index in [1.807, 2.05) is 0 Å². The number of carbonyl (C=O) groups excluding carboxylic acids is 2. The Morgan fingerprint density at radius 3 is 2.46 bits per heavy atom. The molecule has 0 spiro atoms. The molecule has 1 aromatic heterocycles. The molecule has 1 aliphatic rings. The van der Waals surface area contributed by atoms with Gasteiger partial charge in [0.25, 0.3) is 0 Å². The van der Waals surface area contributed by atoms with E-state index in [4.69, 9.17) is 4.74 Å². The monoisotopic (exact) mass is 343 g/mol. The highest BCUT2D eigenvalue weighted by molar-refractivity contribution is 7.89. The summed E-state index contributed by atoms with van der Waals surface area (Å²) < 4.78 is 17.1. The van der Waals surface area contributed by atoms with Crippen molar-refractivity contribution in [2.24, 2.45) is 0 Å². The first-order valence-electron chi connectivity index (χ1n) is 6.91. The molecule has 8 heteroatoms. The number of methoxy groups -OCH3 is 1. The Morgan fingerprint density at radius 2 is 1.83 bits per heavy atom. The maximum absolute atomic E-state index is 12.7. The number of aromatic nitrogens is 2. The summed E-state index contributed by atoms with van der Waals surface area (Å²) in [5.41, 5.74) is 0.608. The maximum Gasteiger partial charge on any atom is 0.223 e. The number of fused-ring (bicyclic) bond motifs is 1. The molecule has 122 valence electrons. The fourth-order valence-electron chi connectivity index (χ4n) is 2.34. The van der Waals surface area contributed by atoms with Crippen LogP contribution in [0.3, 0.4) is 0 Å². The summed E-state index contributed by atoms with van der Waals surface area (Å²) in [5, 5.41) is 2.89. The van der Waals surface area contributed by atoms with Crippen molar-refractivity contribution in [3.05, 3.63) is 58.6 Å². The zero-order valence-corrected chi connectivity index (χ0v) is 13.7. The number of rotatable bonds is 4. The van der Waals surface area contributed by atoms with Gasteiger partial charge in [-0.15, -0.1) is 0 Å². The van der Waals surface area contributed by atoms with Crippen LogP contribution < -0.4 is 10.1 Å². The van der Waals surface area contributed by atoms with Gasteiger partial charge in [-0.2, -0.15) is 0 Å². The number of hydrogen-bond acceptors (Lipinski definition) is 7. The van der Waals surface area contributed by atoms with Crippen LogP contribution in [0.15, 0.2) is 47.4 Å². The Hall–Kier alpha value is -2.87. The molecule has 0 aliphatic heterocycles. The summed E-state index contributed by atoms with van der Waals surface area (Å²) in [6, 6.07) is 6.79. The van der Waals surface area contributed by atoms with Crippen LogP contribution in [-0.2, 0) is 10.8 Å². The van der Waals surface area contributed by atoms with E-state index in [-0.39, 0.29) is 21.9 Å². The van der Waals surface area contributed by atoms with Gasteiger partial charge in [0, 0.05) is 18.1 Å². The molecule has 0 fully saturated rings. The van der Waals surface area contributed by atoms with Crippen LogP contribution in [0.25, 0.3) is 0 Å². The van der Waals surface area contributed by atoms with Crippen molar-refractivity contribution in [3.63, 3.8) is 0 Å². The van der Waals surface area contributed by atoms with Gasteiger partial charge in [-0.3, -0.25) is 13.8 Å². The molecule has 1 N–H and O–H groups in total. The maximum atomic E-state index is 12.7. The summed E-state index contributed by atoms with van der Waals surface area (Å²) in [6.45, 7) is 0. The zero-order chi connectivity index (χ0) is 17.3. The van der Waals surface area contributed by atoms with Crippen LogP contribution in [0.4, 0.5) is 5.69 Å². The van der Waals surface area contributed by atoms with Crippen molar-refractivity contribution in [1.82, 2.24) is 9.97 Å². The van der Waals surface area contributed by atoms with Gasteiger partial charge in [-0.25, -0.2) is 9.97 Å². The number of allylic oxidation sites excluding steroid dienone is 2.